The van der Waals surface area contributed by atoms with Crippen molar-refractivity contribution in [2.24, 2.45) is 5.41 Å². The molecule has 1 aromatic carbocycles. The summed E-state index contributed by atoms with van der Waals surface area (Å²) in [6.45, 7) is 9.60. The van der Waals surface area contributed by atoms with Crippen LogP contribution >= 0.6 is 11.6 Å². The monoisotopic (exact) mass is 297 g/mol. The Bertz CT molecular complexity index is 458. The third-order valence-corrected chi connectivity index (χ3v) is 3.69. The minimum Gasteiger partial charge on any atom is -0.491 e. The van der Waals surface area contributed by atoms with Crippen molar-refractivity contribution >= 4 is 17.5 Å². The van der Waals surface area contributed by atoms with Gasteiger partial charge in [0.2, 0.25) is 5.91 Å². The van der Waals surface area contributed by atoms with Crippen molar-refractivity contribution in [2.45, 2.75) is 46.8 Å². The third-order valence-electron chi connectivity index (χ3n) is 3.03. The number of amides is 1. The molecule has 1 unspecified atom stereocenters. The first-order valence-electron chi connectivity index (χ1n) is 6.90. The van der Waals surface area contributed by atoms with Crippen LogP contribution in [0.5, 0.6) is 5.75 Å². The molecule has 0 fully saturated rings. The van der Waals surface area contributed by atoms with E-state index in [0.717, 1.165) is 11.3 Å². The van der Waals surface area contributed by atoms with E-state index in [2.05, 4.69) is 5.32 Å². The largest absolute Gasteiger partial charge is 0.491 e. The van der Waals surface area contributed by atoms with Crippen LogP contribution in [-0.4, -0.2) is 17.9 Å². The summed E-state index contributed by atoms with van der Waals surface area (Å²) in [5, 5.41) is 2.99. The molecule has 0 aliphatic carbocycles. The molecule has 20 heavy (non-hydrogen) atoms. The first-order chi connectivity index (χ1) is 9.26. The molecule has 0 radical (unpaired) electrons. The Morgan fingerprint density at radius 3 is 2.55 bits per heavy atom. The molecule has 0 spiro atoms. The summed E-state index contributed by atoms with van der Waals surface area (Å²) >= 11 is 5.82. The number of ether oxygens (including phenoxy) is 1. The van der Waals surface area contributed by atoms with Crippen molar-refractivity contribution in [2.75, 3.05) is 5.88 Å². The Labute approximate surface area is 126 Å². The highest BCUT2D eigenvalue weighted by Gasteiger charge is 2.27. The number of alkyl halides is 1. The van der Waals surface area contributed by atoms with Crippen molar-refractivity contribution in [3.63, 3.8) is 0 Å². The van der Waals surface area contributed by atoms with E-state index in [4.69, 9.17) is 16.3 Å². The molecule has 0 aromatic heterocycles. The first-order valence-corrected chi connectivity index (χ1v) is 7.43. The Balaban J connectivity index is 2.77. The normalized spacial score (nSPS) is 13.2. The molecule has 0 heterocycles. The number of rotatable bonds is 6. The summed E-state index contributed by atoms with van der Waals surface area (Å²) in [6, 6.07) is 7.70. The SMILES string of the molecule is CC(C)Oc1cccc(C(C)NC(=O)C(C)(C)CCl)c1. The van der Waals surface area contributed by atoms with Crippen molar-refractivity contribution < 1.29 is 9.53 Å². The van der Waals surface area contributed by atoms with Gasteiger partial charge in [0, 0.05) is 5.88 Å². The minimum absolute atomic E-state index is 0.0461. The second-order valence-corrected chi connectivity index (χ2v) is 6.22. The zero-order chi connectivity index (χ0) is 15.3. The molecule has 0 saturated heterocycles. The molecule has 0 saturated carbocycles. The molecule has 112 valence electrons. The smallest absolute Gasteiger partial charge is 0.227 e. The number of hydrogen-bond acceptors (Lipinski definition) is 2. The number of carbonyl (C=O) groups excluding carboxylic acids is 1. The second kappa shape index (κ2) is 6.98. The van der Waals surface area contributed by atoms with Crippen LogP contribution in [0.2, 0.25) is 0 Å². The molecule has 1 amide bonds. The molecule has 0 aliphatic heterocycles. The predicted octanol–water partition coefficient (Wildman–Crippen LogP) is 3.92. The maximum atomic E-state index is 12.1. The van der Waals surface area contributed by atoms with Crippen molar-refractivity contribution in [3.05, 3.63) is 29.8 Å². The van der Waals surface area contributed by atoms with Gasteiger partial charge in [-0.15, -0.1) is 11.6 Å². The fraction of sp³-hybridized carbons (Fsp3) is 0.562. The number of halogens is 1. The third kappa shape index (κ3) is 4.71. The van der Waals surface area contributed by atoms with E-state index in [1.807, 2.05) is 58.9 Å². The van der Waals surface area contributed by atoms with Gasteiger partial charge in [-0.25, -0.2) is 0 Å². The van der Waals surface area contributed by atoms with Crippen LogP contribution in [0.3, 0.4) is 0 Å². The second-order valence-electron chi connectivity index (χ2n) is 5.95. The molecule has 1 rings (SSSR count). The lowest BCUT2D eigenvalue weighted by Gasteiger charge is -2.24. The number of nitrogens with one attached hydrogen (secondary N) is 1. The van der Waals surface area contributed by atoms with E-state index >= 15 is 0 Å². The Morgan fingerprint density at radius 1 is 1.35 bits per heavy atom. The molecule has 1 atom stereocenters. The average molecular weight is 298 g/mol. The molecule has 1 N–H and O–H groups in total. The summed E-state index contributed by atoms with van der Waals surface area (Å²) in [5.41, 5.74) is 0.448. The van der Waals surface area contributed by atoms with Gasteiger partial charge in [-0.05, 0) is 52.3 Å². The molecular formula is C16H24ClNO2. The number of hydrogen-bond donors (Lipinski definition) is 1. The van der Waals surface area contributed by atoms with Gasteiger partial charge in [-0.2, -0.15) is 0 Å². The molecule has 4 heteroatoms. The van der Waals surface area contributed by atoms with E-state index in [1.54, 1.807) is 0 Å². The topological polar surface area (TPSA) is 38.3 Å². The van der Waals surface area contributed by atoms with Crippen LogP contribution in [0.1, 0.15) is 46.2 Å². The van der Waals surface area contributed by atoms with E-state index in [1.165, 1.54) is 0 Å². The van der Waals surface area contributed by atoms with Gasteiger partial charge in [-0.1, -0.05) is 12.1 Å². The van der Waals surface area contributed by atoms with Crippen LogP contribution in [0.25, 0.3) is 0 Å². The summed E-state index contributed by atoms with van der Waals surface area (Å²) in [6.07, 6.45) is 0.130. The lowest BCUT2D eigenvalue weighted by molar-refractivity contribution is -0.129. The molecule has 0 bridgehead atoms. The van der Waals surface area contributed by atoms with E-state index < -0.39 is 5.41 Å². The highest BCUT2D eigenvalue weighted by Crippen LogP contribution is 2.23. The lowest BCUT2D eigenvalue weighted by Crippen LogP contribution is -2.39. The highest BCUT2D eigenvalue weighted by atomic mass is 35.5. The zero-order valence-electron chi connectivity index (χ0n) is 12.9. The average Bonchev–Trinajstić information content (AvgIpc) is 2.38. The Hall–Kier alpha value is -1.22. The maximum absolute atomic E-state index is 12.1. The summed E-state index contributed by atoms with van der Waals surface area (Å²) < 4.78 is 5.66. The molecule has 3 nitrogen and oxygen atoms in total. The van der Waals surface area contributed by atoms with Gasteiger partial charge in [0.25, 0.3) is 0 Å². The molecular weight excluding hydrogens is 274 g/mol. The van der Waals surface area contributed by atoms with Crippen molar-refractivity contribution in [1.29, 1.82) is 0 Å². The van der Waals surface area contributed by atoms with Gasteiger partial charge in [-0.3, -0.25) is 4.79 Å². The van der Waals surface area contributed by atoms with Gasteiger partial charge >= 0.3 is 0 Å². The highest BCUT2D eigenvalue weighted by molar-refractivity contribution is 6.19. The fourth-order valence-corrected chi connectivity index (χ4v) is 1.79. The van der Waals surface area contributed by atoms with Crippen molar-refractivity contribution in [3.8, 4) is 5.75 Å². The predicted molar refractivity (Wildman–Crippen MR) is 83.3 cm³/mol. The van der Waals surface area contributed by atoms with Crippen LogP contribution in [0.15, 0.2) is 24.3 Å². The van der Waals surface area contributed by atoms with Crippen molar-refractivity contribution in [1.82, 2.24) is 5.32 Å². The fourth-order valence-electron chi connectivity index (χ4n) is 1.67. The standard InChI is InChI=1S/C16H24ClNO2/c1-11(2)20-14-8-6-7-13(9-14)12(3)18-15(19)16(4,5)10-17/h6-9,11-12H,10H2,1-5H3,(H,18,19). The van der Waals surface area contributed by atoms with Gasteiger partial charge in [0.15, 0.2) is 0 Å². The minimum atomic E-state index is -0.568. The van der Waals surface area contributed by atoms with Crippen LogP contribution < -0.4 is 10.1 Å². The number of carbonyl (C=O) groups is 1. The first kappa shape index (κ1) is 16.8. The van der Waals surface area contributed by atoms with E-state index in [0.29, 0.717) is 5.88 Å². The van der Waals surface area contributed by atoms with Crippen LogP contribution in [-0.2, 0) is 4.79 Å². The van der Waals surface area contributed by atoms with Gasteiger partial charge in [0.05, 0.1) is 17.6 Å². The Morgan fingerprint density at radius 2 is 2.00 bits per heavy atom. The van der Waals surface area contributed by atoms with Gasteiger partial charge < -0.3 is 10.1 Å². The zero-order valence-corrected chi connectivity index (χ0v) is 13.6. The Kier molecular flexibility index (Phi) is 5.88. The van der Waals surface area contributed by atoms with Crippen LogP contribution in [0.4, 0.5) is 0 Å². The van der Waals surface area contributed by atoms with Crippen LogP contribution in [0, 0.1) is 5.41 Å². The summed E-state index contributed by atoms with van der Waals surface area (Å²) in [5.74, 6) is 1.06. The quantitative estimate of drug-likeness (QED) is 0.808. The number of benzene rings is 1. The lowest BCUT2D eigenvalue weighted by atomic mass is 9.94. The molecule has 0 aliphatic rings. The summed E-state index contributed by atoms with van der Waals surface area (Å²) in [7, 11) is 0. The maximum Gasteiger partial charge on any atom is 0.227 e. The van der Waals surface area contributed by atoms with Gasteiger partial charge in [0.1, 0.15) is 5.75 Å². The van der Waals surface area contributed by atoms with E-state index in [-0.39, 0.29) is 18.1 Å². The van der Waals surface area contributed by atoms with E-state index in [9.17, 15) is 4.79 Å². The molecule has 1 aromatic rings. The summed E-state index contributed by atoms with van der Waals surface area (Å²) in [4.78, 5) is 12.1.